The maximum atomic E-state index is 3.79. The summed E-state index contributed by atoms with van der Waals surface area (Å²) in [5.41, 5.74) is 2.01. The number of hydrogen-bond donors (Lipinski definition) is 0. The molecule has 0 saturated heterocycles. The summed E-state index contributed by atoms with van der Waals surface area (Å²) in [7, 11) is 0. The predicted molar refractivity (Wildman–Crippen MR) is 43.1 cm³/mol. The lowest BCUT2D eigenvalue weighted by atomic mass is 10.2. The van der Waals surface area contributed by atoms with Gasteiger partial charge in [-0.05, 0) is 31.0 Å². The number of rotatable bonds is 0. The van der Waals surface area contributed by atoms with Crippen molar-refractivity contribution in [2.45, 2.75) is 0 Å². The molecular formula is C8H7Br. The van der Waals surface area contributed by atoms with Gasteiger partial charge >= 0.3 is 0 Å². The van der Waals surface area contributed by atoms with Crippen molar-refractivity contribution in [2.24, 2.45) is 0 Å². The molecule has 1 heteroatoms. The molecule has 0 saturated carbocycles. The van der Waals surface area contributed by atoms with Crippen LogP contribution in [0.3, 0.4) is 0 Å². The van der Waals surface area contributed by atoms with E-state index in [2.05, 4.69) is 29.8 Å². The topological polar surface area (TPSA) is 0 Å². The van der Waals surface area contributed by atoms with Crippen LogP contribution in [0.15, 0.2) is 22.7 Å². The standard InChI is InChI=1S/C8H7Br/c1-6-3-4-7(2)8(9)5-6/h3-5H,1-2H2. The minimum Gasteiger partial charge on any atom is -0.0587 e. The van der Waals surface area contributed by atoms with Gasteiger partial charge in [0.2, 0.25) is 0 Å². The van der Waals surface area contributed by atoms with Gasteiger partial charge in [-0.15, -0.1) is 0 Å². The Balaban J connectivity index is 3.17. The molecule has 0 N–H and O–H groups in total. The largest absolute Gasteiger partial charge is 0.0587 e. The highest BCUT2D eigenvalue weighted by molar-refractivity contribution is 9.10. The van der Waals surface area contributed by atoms with Crippen LogP contribution < -0.4 is 0 Å². The average molecular weight is 183 g/mol. The molecule has 46 valence electrons. The van der Waals surface area contributed by atoms with E-state index in [1.807, 2.05) is 18.2 Å². The molecule has 0 amide bonds. The highest BCUT2D eigenvalue weighted by Crippen LogP contribution is 2.16. The van der Waals surface area contributed by atoms with E-state index in [-0.39, 0.29) is 0 Å². The van der Waals surface area contributed by atoms with E-state index in [1.165, 1.54) is 0 Å². The first-order valence-electron chi connectivity index (χ1n) is 2.63. The first-order chi connectivity index (χ1) is 4.20. The molecule has 0 bridgehead atoms. The van der Waals surface area contributed by atoms with Crippen LogP contribution in [0.1, 0.15) is 11.1 Å². The quantitative estimate of drug-likeness (QED) is 0.580. The summed E-state index contributed by atoms with van der Waals surface area (Å²) >= 11 is 3.34. The van der Waals surface area contributed by atoms with E-state index in [1.54, 1.807) is 0 Å². The fourth-order valence-electron chi connectivity index (χ4n) is 0.591. The summed E-state index contributed by atoms with van der Waals surface area (Å²) < 4.78 is 1.02. The Morgan fingerprint density at radius 1 is 1.22 bits per heavy atom. The molecule has 0 fully saturated rings. The zero-order valence-corrected chi connectivity index (χ0v) is 6.61. The molecule has 2 radical (unpaired) electrons. The van der Waals surface area contributed by atoms with Crippen LogP contribution in [0.4, 0.5) is 0 Å². The van der Waals surface area contributed by atoms with Gasteiger partial charge in [-0.3, -0.25) is 0 Å². The Morgan fingerprint density at radius 2 is 1.89 bits per heavy atom. The fraction of sp³-hybridized carbons (Fsp3) is 0. The van der Waals surface area contributed by atoms with Gasteiger partial charge in [0.05, 0.1) is 0 Å². The summed E-state index contributed by atoms with van der Waals surface area (Å²) in [6.07, 6.45) is 0. The smallest absolute Gasteiger partial charge is 0.0210 e. The zero-order valence-electron chi connectivity index (χ0n) is 5.02. The Bertz CT molecular complexity index is 216. The summed E-state index contributed by atoms with van der Waals surface area (Å²) in [4.78, 5) is 0. The summed E-state index contributed by atoms with van der Waals surface area (Å²) in [5.74, 6) is 0. The molecule has 0 unspecified atom stereocenters. The van der Waals surface area contributed by atoms with E-state index in [0.717, 1.165) is 15.6 Å². The van der Waals surface area contributed by atoms with E-state index < -0.39 is 0 Å². The first-order valence-corrected chi connectivity index (χ1v) is 3.43. The SMILES string of the molecule is [CH2]c1ccc([CH2])c(Br)c1. The van der Waals surface area contributed by atoms with Crippen molar-refractivity contribution in [3.63, 3.8) is 0 Å². The van der Waals surface area contributed by atoms with Crippen LogP contribution in [-0.2, 0) is 0 Å². The number of benzene rings is 1. The van der Waals surface area contributed by atoms with Crippen LogP contribution in [0.2, 0.25) is 0 Å². The van der Waals surface area contributed by atoms with Crippen molar-refractivity contribution in [1.29, 1.82) is 0 Å². The van der Waals surface area contributed by atoms with Gasteiger partial charge in [-0.2, -0.15) is 0 Å². The lowest BCUT2D eigenvalue weighted by Gasteiger charge is -1.96. The van der Waals surface area contributed by atoms with Crippen LogP contribution in [-0.4, -0.2) is 0 Å². The third-order valence-corrected chi connectivity index (χ3v) is 1.86. The lowest BCUT2D eigenvalue weighted by molar-refractivity contribution is 1.51. The van der Waals surface area contributed by atoms with Crippen molar-refractivity contribution in [3.05, 3.63) is 47.6 Å². The first kappa shape index (κ1) is 6.81. The Kier molecular flexibility index (Phi) is 1.91. The van der Waals surface area contributed by atoms with Gasteiger partial charge in [0.1, 0.15) is 0 Å². The molecule has 1 aromatic rings. The second-order valence-electron chi connectivity index (χ2n) is 1.93. The molecule has 0 aromatic heterocycles. The second kappa shape index (κ2) is 2.53. The third-order valence-electron chi connectivity index (χ3n) is 1.12. The molecule has 0 heterocycles. The summed E-state index contributed by atoms with van der Waals surface area (Å²) in [6.45, 7) is 7.55. The highest BCUT2D eigenvalue weighted by Gasteiger charge is 1.91. The van der Waals surface area contributed by atoms with Crippen molar-refractivity contribution >= 4 is 15.9 Å². The van der Waals surface area contributed by atoms with Gasteiger partial charge in [0.25, 0.3) is 0 Å². The van der Waals surface area contributed by atoms with Gasteiger partial charge in [-0.25, -0.2) is 0 Å². The van der Waals surface area contributed by atoms with Gasteiger partial charge in [0.15, 0.2) is 0 Å². The normalized spacial score (nSPS) is 9.67. The molecule has 0 aliphatic heterocycles. The third kappa shape index (κ3) is 1.55. The van der Waals surface area contributed by atoms with Crippen molar-refractivity contribution in [1.82, 2.24) is 0 Å². The minimum atomic E-state index is 1.00. The minimum absolute atomic E-state index is 1.00. The molecule has 0 spiro atoms. The van der Waals surface area contributed by atoms with Crippen molar-refractivity contribution < 1.29 is 0 Å². The van der Waals surface area contributed by atoms with Crippen LogP contribution >= 0.6 is 15.9 Å². The van der Waals surface area contributed by atoms with Crippen molar-refractivity contribution in [3.8, 4) is 0 Å². The molecule has 9 heavy (non-hydrogen) atoms. The van der Waals surface area contributed by atoms with E-state index >= 15 is 0 Å². The van der Waals surface area contributed by atoms with E-state index in [9.17, 15) is 0 Å². The number of halogens is 1. The molecule has 0 atom stereocenters. The molecule has 0 aliphatic rings. The summed E-state index contributed by atoms with van der Waals surface area (Å²) in [5, 5.41) is 0. The molecule has 1 rings (SSSR count). The summed E-state index contributed by atoms with van der Waals surface area (Å²) in [6, 6.07) is 5.82. The van der Waals surface area contributed by atoms with E-state index in [0.29, 0.717) is 0 Å². The Hall–Kier alpha value is -0.300. The van der Waals surface area contributed by atoms with Crippen LogP contribution in [0, 0.1) is 13.8 Å². The average Bonchev–Trinajstić information content (AvgIpc) is 1.80. The Labute approximate surface area is 64.0 Å². The van der Waals surface area contributed by atoms with Gasteiger partial charge in [-0.1, -0.05) is 28.1 Å². The molecule has 0 nitrogen and oxygen atoms in total. The zero-order chi connectivity index (χ0) is 6.85. The molecule has 0 aliphatic carbocycles. The highest BCUT2D eigenvalue weighted by atomic mass is 79.9. The van der Waals surface area contributed by atoms with Crippen LogP contribution in [0.5, 0.6) is 0 Å². The van der Waals surface area contributed by atoms with E-state index in [4.69, 9.17) is 0 Å². The lowest BCUT2D eigenvalue weighted by Crippen LogP contribution is -1.75. The predicted octanol–water partition coefficient (Wildman–Crippen LogP) is 2.81. The maximum absolute atomic E-state index is 3.79. The Morgan fingerprint density at radius 3 is 2.33 bits per heavy atom. The molecular weight excluding hydrogens is 176 g/mol. The van der Waals surface area contributed by atoms with Gasteiger partial charge < -0.3 is 0 Å². The second-order valence-corrected chi connectivity index (χ2v) is 2.78. The maximum Gasteiger partial charge on any atom is 0.0210 e. The van der Waals surface area contributed by atoms with Gasteiger partial charge in [0, 0.05) is 4.47 Å². The van der Waals surface area contributed by atoms with Crippen LogP contribution in [0.25, 0.3) is 0 Å². The number of hydrogen-bond acceptors (Lipinski definition) is 0. The molecule has 1 aromatic carbocycles. The monoisotopic (exact) mass is 182 g/mol. The van der Waals surface area contributed by atoms with Crippen molar-refractivity contribution in [2.75, 3.05) is 0 Å². The fourth-order valence-corrected chi connectivity index (χ4v) is 1.02.